The van der Waals surface area contributed by atoms with Crippen molar-refractivity contribution in [2.45, 2.75) is 25.9 Å². The van der Waals surface area contributed by atoms with Crippen LogP contribution in [0.25, 0.3) is 0 Å². The summed E-state index contributed by atoms with van der Waals surface area (Å²) in [6.45, 7) is 3.96. The molecule has 1 aromatic carbocycles. The summed E-state index contributed by atoms with van der Waals surface area (Å²) in [4.78, 5) is 4.23. The predicted octanol–water partition coefficient (Wildman–Crippen LogP) is 2.18. The fraction of sp³-hybridized carbons (Fsp3) is 0.533. The molecule has 6 heteroatoms. The van der Waals surface area contributed by atoms with Crippen molar-refractivity contribution in [1.29, 1.82) is 0 Å². The van der Waals surface area contributed by atoms with E-state index in [0.29, 0.717) is 42.3 Å². The summed E-state index contributed by atoms with van der Waals surface area (Å²) in [7, 11) is 1.78. The molecule has 21 heavy (non-hydrogen) atoms. The number of aliphatic imine (C=N–C) groups is 1. The zero-order valence-corrected chi connectivity index (χ0v) is 13.0. The molecule has 1 aliphatic carbocycles. The first-order chi connectivity index (χ1) is 10.2. The minimum absolute atomic E-state index is 0.542. The van der Waals surface area contributed by atoms with Gasteiger partial charge >= 0.3 is 0 Å². The second-order valence-corrected chi connectivity index (χ2v) is 5.90. The second-order valence-electron chi connectivity index (χ2n) is 5.49. The highest BCUT2D eigenvalue weighted by Crippen LogP contribution is 2.38. The van der Waals surface area contributed by atoms with Gasteiger partial charge in [-0.25, -0.2) is 0 Å². The van der Waals surface area contributed by atoms with E-state index in [2.05, 4.69) is 22.5 Å². The van der Waals surface area contributed by atoms with Gasteiger partial charge in [-0.05, 0) is 30.0 Å². The van der Waals surface area contributed by atoms with Gasteiger partial charge in [0.15, 0.2) is 17.5 Å². The lowest BCUT2D eigenvalue weighted by Crippen LogP contribution is -2.38. The molecule has 2 atom stereocenters. The number of hydrogen-bond acceptors (Lipinski definition) is 3. The van der Waals surface area contributed by atoms with Gasteiger partial charge in [0.1, 0.15) is 13.2 Å². The maximum Gasteiger partial charge on any atom is 0.191 e. The van der Waals surface area contributed by atoms with Crippen molar-refractivity contribution in [3.05, 3.63) is 22.7 Å². The lowest BCUT2D eigenvalue weighted by molar-refractivity contribution is 0.171. The average Bonchev–Trinajstić information content (AvgIpc) is 3.18. The fourth-order valence-corrected chi connectivity index (χ4v) is 2.63. The summed E-state index contributed by atoms with van der Waals surface area (Å²) in [5, 5.41) is 7.27. The van der Waals surface area contributed by atoms with E-state index in [1.54, 1.807) is 7.05 Å². The SMILES string of the molecule is CN=C(NCc1cc(Cl)c2c(c1)OCCO2)NC1CC1C. The van der Waals surface area contributed by atoms with Crippen molar-refractivity contribution in [3.8, 4) is 11.5 Å². The average molecular weight is 310 g/mol. The summed E-state index contributed by atoms with van der Waals surface area (Å²) in [5.41, 5.74) is 1.04. The minimum Gasteiger partial charge on any atom is -0.486 e. The Hall–Kier alpha value is -1.62. The molecule has 2 N–H and O–H groups in total. The van der Waals surface area contributed by atoms with Crippen molar-refractivity contribution in [2.75, 3.05) is 20.3 Å². The molecule has 0 saturated heterocycles. The van der Waals surface area contributed by atoms with Gasteiger partial charge < -0.3 is 20.1 Å². The standard InChI is InChI=1S/C15H20ClN3O2/c1-9-5-12(9)19-15(17-2)18-8-10-6-11(16)14-13(7-10)20-3-4-21-14/h6-7,9,12H,3-5,8H2,1-2H3,(H2,17,18,19). The van der Waals surface area contributed by atoms with E-state index < -0.39 is 0 Å². The number of ether oxygens (including phenoxy) is 2. The van der Waals surface area contributed by atoms with Crippen LogP contribution in [0.1, 0.15) is 18.9 Å². The van der Waals surface area contributed by atoms with E-state index in [1.165, 1.54) is 6.42 Å². The van der Waals surface area contributed by atoms with Crippen LogP contribution in [0, 0.1) is 5.92 Å². The topological polar surface area (TPSA) is 54.9 Å². The van der Waals surface area contributed by atoms with Gasteiger partial charge in [-0.2, -0.15) is 0 Å². The molecule has 1 aromatic rings. The number of nitrogens with one attached hydrogen (secondary N) is 2. The highest BCUT2D eigenvalue weighted by atomic mass is 35.5. The Morgan fingerprint density at radius 3 is 2.86 bits per heavy atom. The van der Waals surface area contributed by atoms with E-state index in [9.17, 15) is 0 Å². The molecule has 0 bridgehead atoms. The zero-order valence-electron chi connectivity index (χ0n) is 12.3. The summed E-state index contributed by atoms with van der Waals surface area (Å²) in [6, 6.07) is 4.40. The molecule has 0 spiro atoms. The van der Waals surface area contributed by atoms with Crippen molar-refractivity contribution < 1.29 is 9.47 Å². The van der Waals surface area contributed by atoms with Crippen LogP contribution in [0.5, 0.6) is 11.5 Å². The highest BCUT2D eigenvalue weighted by molar-refractivity contribution is 6.32. The number of nitrogens with zero attached hydrogens (tertiary/aromatic N) is 1. The molecule has 1 aliphatic heterocycles. The smallest absolute Gasteiger partial charge is 0.191 e. The van der Waals surface area contributed by atoms with Crippen LogP contribution in [0.2, 0.25) is 5.02 Å². The van der Waals surface area contributed by atoms with E-state index in [4.69, 9.17) is 21.1 Å². The quantitative estimate of drug-likeness (QED) is 0.664. The Morgan fingerprint density at radius 1 is 1.38 bits per heavy atom. The monoisotopic (exact) mass is 309 g/mol. The third-order valence-corrected chi connectivity index (χ3v) is 4.05. The zero-order chi connectivity index (χ0) is 14.8. The van der Waals surface area contributed by atoms with Crippen LogP contribution < -0.4 is 20.1 Å². The van der Waals surface area contributed by atoms with Crippen molar-refractivity contribution in [1.82, 2.24) is 10.6 Å². The van der Waals surface area contributed by atoms with E-state index in [0.717, 1.165) is 17.4 Å². The molecule has 0 radical (unpaired) electrons. The van der Waals surface area contributed by atoms with Crippen molar-refractivity contribution in [2.24, 2.45) is 10.9 Å². The van der Waals surface area contributed by atoms with Crippen molar-refractivity contribution >= 4 is 17.6 Å². The molecule has 1 fully saturated rings. The molecule has 0 aromatic heterocycles. The molecular weight excluding hydrogens is 290 g/mol. The summed E-state index contributed by atoms with van der Waals surface area (Å²) < 4.78 is 11.1. The summed E-state index contributed by atoms with van der Waals surface area (Å²) in [5.74, 6) is 2.90. The first-order valence-corrected chi connectivity index (χ1v) is 7.60. The third kappa shape index (κ3) is 3.35. The largest absolute Gasteiger partial charge is 0.486 e. The Balaban J connectivity index is 1.63. The van der Waals surface area contributed by atoms with E-state index in [1.807, 2.05) is 12.1 Å². The molecule has 3 rings (SSSR count). The van der Waals surface area contributed by atoms with Gasteiger partial charge in [-0.3, -0.25) is 4.99 Å². The Bertz CT molecular complexity index is 562. The van der Waals surface area contributed by atoms with Crippen LogP contribution >= 0.6 is 11.6 Å². The van der Waals surface area contributed by atoms with Gasteiger partial charge in [0.05, 0.1) is 5.02 Å². The lowest BCUT2D eigenvalue weighted by Gasteiger charge is -2.20. The number of benzene rings is 1. The van der Waals surface area contributed by atoms with Gasteiger partial charge in [-0.1, -0.05) is 18.5 Å². The van der Waals surface area contributed by atoms with Gasteiger partial charge in [-0.15, -0.1) is 0 Å². The second kappa shape index (κ2) is 6.02. The molecular formula is C15H20ClN3O2. The Kier molecular flexibility index (Phi) is 4.10. The highest BCUT2D eigenvalue weighted by Gasteiger charge is 2.33. The maximum absolute atomic E-state index is 6.23. The molecule has 1 heterocycles. The Labute approximate surface area is 129 Å². The maximum atomic E-state index is 6.23. The summed E-state index contributed by atoms with van der Waals surface area (Å²) >= 11 is 6.23. The van der Waals surface area contributed by atoms with Crippen LogP contribution in [0.4, 0.5) is 0 Å². The molecule has 1 saturated carbocycles. The first kappa shape index (κ1) is 14.3. The van der Waals surface area contributed by atoms with Gasteiger partial charge in [0, 0.05) is 19.6 Å². The van der Waals surface area contributed by atoms with Crippen molar-refractivity contribution in [3.63, 3.8) is 0 Å². The predicted molar refractivity (Wildman–Crippen MR) is 83.3 cm³/mol. The molecule has 2 aliphatic rings. The van der Waals surface area contributed by atoms with Crippen LogP contribution in [-0.2, 0) is 6.54 Å². The van der Waals surface area contributed by atoms with Crippen LogP contribution in [0.15, 0.2) is 17.1 Å². The molecule has 0 amide bonds. The molecule has 114 valence electrons. The van der Waals surface area contributed by atoms with E-state index in [-0.39, 0.29) is 0 Å². The minimum atomic E-state index is 0.542. The lowest BCUT2D eigenvalue weighted by atomic mass is 10.2. The summed E-state index contributed by atoms with van der Waals surface area (Å²) in [6.07, 6.45) is 1.20. The molecule has 2 unspecified atom stereocenters. The number of fused-ring (bicyclic) bond motifs is 1. The van der Waals surface area contributed by atoms with E-state index >= 15 is 0 Å². The number of hydrogen-bond donors (Lipinski definition) is 2. The molecule has 5 nitrogen and oxygen atoms in total. The van der Waals surface area contributed by atoms with Gasteiger partial charge in [0.25, 0.3) is 0 Å². The van der Waals surface area contributed by atoms with Crippen LogP contribution in [-0.4, -0.2) is 32.3 Å². The number of guanidine groups is 1. The number of halogens is 1. The van der Waals surface area contributed by atoms with Gasteiger partial charge in [0.2, 0.25) is 0 Å². The normalized spacial score (nSPS) is 23.7. The first-order valence-electron chi connectivity index (χ1n) is 7.22. The number of rotatable bonds is 3. The fourth-order valence-electron chi connectivity index (χ4n) is 2.35. The Morgan fingerprint density at radius 2 is 2.14 bits per heavy atom. The van der Waals surface area contributed by atoms with Crippen LogP contribution in [0.3, 0.4) is 0 Å². The third-order valence-electron chi connectivity index (χ3n) is 3.77.